The lowest BCUT2D eigenvalue weighted by Gasteiger charge is -2.21. The van der Waals surface area contributed by atoms with Crippen molar-refractivity contribution in [2.75, 3.05) is 14.1 Å². The molecule has 1 aliphatic carbocycles. The molecule has 1 amide bonds. The van der Waals surface area contributed by atoms with E-state index in [2.05, 4.69) is 11.2 Å². The summed E-state index contributed by atoms with van der Waals surface area (Å²) in [4.78, 5) is 13.6. The Kier molecular flexibility index (Phi) is 2.58. The number of allylic oxidation sites excluding steroid dienone is 2. The summed E-state index contributed by atoms with van der Waals surface area (Å²) >= 11 is 0. The fraction of sp³-hybridized carbons (Fsp3) is 0.455. The van der Waals surface area contributed by atoms with Gasteiger partial charge in [0.1, 0.15) is 5.84 Å². The summed E-state index contributed by atoms with van der Waals surface area (Å²) in [6.07, 6.45) is 9.30. The SMILES string of the molecule is CN(C)C1=NN(C2C=CC=CC2)C(=O)C1. The van der Waals surface area contributed by atoms with Crippen molar-refractivity contribution in [2.24, 2.45) is 5.10 Å². The highest BCUT2D eigenvalue weighted by molar-refractivity contribution is 6.03. The van der Waals surface area contributed by atoms with Crippen LogP contribution in [0.15, 0.2) is 29.4 Å². The number of amidine groups is 1. The zero-order valence-corrected chi connectivity index (χ0v) is 9.05. The van der Waals surface area contributed by atoms with Crippen molar-refractivity contribution >= 4 is 11.7 Å². The molecule has 0 aromatic rings. The average molecular weight is 205 g/mol. The van der Waals surface area contributed by atoms with E-state index in [1.165, 1.54) is 0 Å². The fourth-order valence-corrected chi connectivity index (χ4v) is 1.69. The van der Waals surface area contributed by atoms with E-state index in [9.17, 15) is 4.79 Å². The molecule has 0 N–H and O–H groups in total. The van der Waals surface area contributed by atoms with Gasteiger partial charge in [-0.25, -0.2) is 5.01 Å². The van der Waals surface area contributed by atoms with E-state index < -0.39 is 0 Å². The van der Waals surface area contributed by atoms with Gasteiger partial charge in [-0.1, -0.05) is 24.3 Å². The molecule has 0 aromatic heterocycles. The summed E-state index contributed by atoms with van der Waals surface area (Å²) in [5.74, 6) is 0.923. The molecule has 80 valence electrons. The van der Waals surface area contributed by atoms with Crippen molar-refractivity contribution in [3.8, 4) is 0 Å². The van der Waals surface area contributed by atoms with Crippen molar-refractivity contribution in [2.45, 2.75) is 18.9 Å². The molecule has 2 rings (SSSR count). The molecule has 0 saturated carbocycles. The highest BCUT2D eigenvalue weighted by atomic mass is 16.2. The van der Waals surface area contributed by atoms with Crippen LogP contribution in [0, 0.1) is 0 Å². The van der Waals surface area contributed by atoms with Gasteiger partial charge in [-0.3, -0.25) is 4.79 Å². The van der Waals surface area contributed by atoms with E-state index in [0.29, 0.717) is 6.42 Å². The van der Waals surface area contributed by atoms with E-state index in [4.69, 9.17) is 0 Å². The third-order valence-electron chi connectivity index (χ3n) is 2.58. The predicted octanol–water partition coefficient (Wildman–Crippen LogP) is 0.979. The lowest BCUT2D eigenvalue weighted by Crippen LogP contribution is -2.31. The predicted molar refractivity (Wildman–Crippen MR) is 59.3 cm³/mol. The maximum Gasteiger partial charge on any atom is 0.250 e. The molecule has 0 fully saturated rings. The van der Waals surface area contributed by atoms with Crippen molar-refractivity contribution in [3.63, 3.8) is 0 Å². The molecule has 0 aromatic carbocycles. The Morgan fingerprint density at radius 2 is 2.27 bits per heavy atom. The van der Waals surface area contributed by atoms with E-state index in [1.807, 2.05) is 37.2 Å². The highest BCUT2D eigenvalue weighted by Crippen LogP contribution is 2.18. The van der Waals surface area contributed by atoms with Crippen LogP contribution in [0.5, 0.6) is 0 Å². The van der Waals surface area contributed by atoms with Gasteiger partial charge in [0.05, 0.1) is 12.5 Å². The molecule has 4 heteroatoms. The Labute approximate surface area is 89.5 Å². The molecule has 2 aliphatic rings. The maximum atomic E-state index is 11.7. The molecule has 1 heterocycles. The molecular weight excluding hydrogens is 190 g/mol. The van der Waals surface area contributed by atoms with Crippen molar-refractivity contribution in [1.29, 1.82) is 0 Å². The molecule has 1 unspecified atom stereocenters. The van der Waals surface area contributed by atoms with Crippen LogP contribution in [0.1, 0.15) is 12.8 Å². The Morgan fingerprint density at radius 3 is 2.80 bits per heavy atom. The lowest BCUT2D eigenvalue weighted by atomic mass is 10.1. The summed E-state index contributed by atoms with van der Waals surface area (Å²) in [5, 5.41) is 5.93. The molecule has 0 bridgehead atoms. The number of hydrogen-bond acceptors (Lipinski definition) is 3. The molecule has 0 saturated heterocycles. The van der Waals surface area contributed by atoms with Crippen LogP contribution in [0.2, 0.25) is 0 Å². The van der Waals surface area contributed by atoms with Gasteiger partial charge >= 0.3 is 0 Å². The van der Waals surface area contributed by atoms with Crippen LogP contribution in [-0.4, -0.2) is 41.8 Å². The molecule has 1 aliphatic heterocycles. The first-order chi connectivity index (χ1) is 7.18. The van der Waals surface area contributed by atoms with Gasteiger partial charge in [0.25, 0.3) is 5.91 Å². The molecule has 0 radical (unpaired) electrons. The Hall–Kier alpha value is -1.58. The Bertz CT molecular complexity index is 355. The van der Waals surface area contributed by atoms with Gasteiger partial charge in [0.15, 0.2) is 0 Å². The highest BCUT2D eigenvalue weighted by Gasteiger charge is 2.29. The van der Waals surface area contributed by atoms with Gasteiger partial charge < -0.3 is 4.90 Å². The first-order valence-electron chi connectivity index (χ1n) is 5.08. The topological polar surface area (TPSA) is 35.9 Å². The minimum Gasteiger partial charge on any atom is -0.364 e. The number of carbonyl (C=O) groups is 1. The van der Waals surface area contributed by atoms with Crippen LogP contribution in [0.4, 0.5) is 0 Å². The van der Waals surface area contributed by atoms with Gasteiger partial charge in [0, 0.05) is 14.1 Å². The number of carbonyl (C=O) groups excluding carboxylic acids is 1. The second-order valence-corrected chi connectivity index (χ2v) is 3.94. The molecule has 0 spiro atoms. The number of hydrogen-bond donors (Lipinski definition) is 0. The third-order valence-corrected chi connectivity index (χ3v) is 2.58. The standard InChI is InChI=1S/C11H15N3O/c1-13(2)10-8-11(15)14(12-10)9-6-4-3-5-7-9/h3-6,9H,7-8H2,1-2H3. The lowest BCUT2D eigenvalue weighted by molar-refractivity contribution is -0.129. The summed E-state index contributed by atoms with van der Waals surface area (Å²) in [6.45, 7) is 0. The van der Waals surface area contributed by atoms with E-state index in [-0.39, 0.29) is 11.9 Å². The quantitative estimate of drug-likeness (QED) is 0.639. The summed E-state index contributed by atoms with van der Waals surface area (Å²) in [7, 11) is 3.82. The molecule has 15 heavy (non-hydrogen) atoms. The summed E-state index contributed by atoms with van der Waals surface area (Å²) < 4.78 is 0. The number of hydrazone groups is 1. The summed E-state index contributed by atoms with van der Waals surface area (Å²) in [5.41, 5.74) is 0. The second-order valence-electron chi connectivity index (χ2n) is 3.94. The van der Waals surface area contributed by atoms with Crippen LogP contribution < -0.4 is 0 Å². The molecule has 1 atom stereocenters. The van der Waals surface area contributed by atoms with Crippen LogP contribution in [0.25, 0.3) is 0 Å². The minimum absolute atomic E-state index is 0.0867. The molecular formula is C11H15N3O. The zero-order valence-electron chi connectivity index (χ0n) is 9.05. The van der Waals surface area contributed by atoms with Crippen molar-refractivity contribution in [1.82, 2.24) is 9.91 Å². The van der Waals surface area contributed by atoms with Gasteiger partial charge in [-0.15, -0.1) is 0 Å². The minimum atomic E-state index is 0.0867. The number of rotatable bonds is 1. The first kappa shape index (κ1) is 9.96. The molecule has 4 nitrogen and oxygen atoms in total. The van der Waals surface area contributed by atoms with E-state index in [0.717, 1.165) is 12.3 Å². The van der Waals surface area contributed by atoms with Crippen LogP contribution in [-0.2, 0) is 4.79 Å². The Balaban J connectivity index is 2.12. The maximum absolute atomic E-state index is 11.7. The Morgan fingerprint density at radius 1 is 1.47 bits per heavy atom. The zero-order chi connectivity index (χ0) is 10.8. The van der Waals surface area contributed by atoms with Crippen molar-refractivity contribution < 1.29 is 4.79 Å². The van der Waals surface area contributed by atoms with Crippen LogP contribution in [0.3, 0.4) is 0 Å². The summed E-state index contributed by atoms with van der Waals surface area (Å²) in [6, 6.07) is 0.0972. The largest absolute Gasteiger partial charge is 0.364 e. The van der Waals surface area contributed by atoms with E-state index >= 15 is 0 Å². The normalized spacial score (nSPS) is 24.7. The third kappa shape index (κ3) is 1.93. The van der Waals surface area contributed by atoms with Crippen molar-refractivity contribution in [3.05, 3.63) is 24.3 Å². The number of amides is 1. The smallest absolute Gasteiger partial charge is 0.250 e. The van der Waals surface area contributed by atoms with E-state index in [1.54, 1.807) is 5.01 Å². The van der Waals surface area contributed by atoms with Gasteiger partial charge in [0.2, 0.25) is 0 Å². The first-order valence-corrected chi connectivity index (χ1v) is 5.08. The van der Waals surface area contributed by atoms with Crippen LogP contribution >= 0.6 is 0 Å². The second kappa shape index (κ2) is 3.88. The van der Waals surface area contributed by atoms with Gasteiger partial charge in [-0.2, -0.15) is 5.10 Å². The monoisotopic (exact) mass is 205 g/mol. The van der Waals surface area contributed by atoms with Gasteiger partial charge in [-0.05, 0) is 6.42 Å². The average Bonchev–Trinajstić information content (AvgIpc) is 2.62. The fourth-order valence-electron chi connectivity index (χ4n) is 1.69. The number of nitrogens with zero attached hydrogens (tertiary/aromatic N) is 3.